The number of aromatic nitrogens is 1. The van der Waals surface area contributed by atoms with Crippen molar-refractivity contribution >= 4 is 17.3 Å². The summed E-state index contributed by atoms with van der Waals surface area (Å²) in [6.45, 7) is 7.01. The van der Waals surface area contributed by atoms with E-state index in [0.29, 0.717) is 11.2 Å². The molecule has 1 aliphatic carbocycles. The molecule has 0 bridgehead atoms. The van der Waals surface area contributed by atoms with E-state index < -0.39 is 0 Å². The second kappa shape index (κ2) is 5.92. The van der Waals surface area contributed by atoms with Crippen molar-refractivity contribution in [2.24, 2.45) is 17.8 Å². The zero-order valence-electron chi connectivity index (χ0n) is 11.5. The van der Waals surface area contributed by atoms with Crippen molar-refractivity contribution < 1.29 is 0 Å². The van der Waals surface area contributed by atoms with Gasteiger partial charge in [-0.2, -0.15) is 0 Å². The van der Waals surface area contributed by atoms with Crippen molar-refractivity contribution in [1.82, 2.24) is 4.98 Å². The van der Waals surface area contributed by atoms with Gasteiger partial charge in [-0.25, -0.2) is 4.98 Å². The van der Waals surface area contributed by atoms with Gasteiger partial charge in [0.15, 0.2) is 0 Å². The van der Waals surface area contributed by atoms with Crippen LogP contribution in [0.3, 0.4) is 0 Å². The fourth-order valence-corrected chi connectivity index (χ4v) is 3.25. The molecule has 2 nitrogen and oxygen atoms in total. The SMILES string of the molecule is CC1CCC(C(C)C)C(Nc2ccnc(Cl)c2)C1. The van der Waals surface area contributed by atoms with Gasteiger partial charge in [0.25, 0.3) is 0 Å². The molecule has 1 aromatic rings. The fourth-order valence-electron chi connectivity index (χ4n) is 3.07. The van der Waals surface area contributed by atoms with Gasteiger partial charge >= 0.3 is 0 Å². The average molecular weight is 267 g/mol. The summed E-state index contributed by atoms with van der Waals surface area (Å²) in [7, 11) is 0. The summed E-state index contributed by atoms with van der Waals surface area (Å²) in [6, 6.07) is 4.48. The third-order valence-corrected chi connectivity index (χ3v) is 4.31. The lowest BCUT2D eigenvalue weighted by Gasteiger charge is -2.38. The zero-order valence-corrected chi connectivity index (χ0v) is 12.2. The molecule has 1 saturated carbocycles. The molecule has 0 spiro atoms. The Morgan fingerprint density at radius 2 is 2.17 bits per heavy atom. The molecular weight excluding hydrogens is 244 g/mol. The maximum atomic E-state index is 5.94. The minimum atomic E-state index is 0.560. The van der Waals surface area contributed by atoms with Gasteiger partial charge in [-0.3, -0.25) is 0 Å². The van der Waals surface area contributed by atoms with Crippen molar-refractivity contribution in [3.8, 4) is 0 Å². The monoisotopic (exact) mass is 266 g/mol. The van der Waals surface area contributed by atoms with E-state index in [9.17, 15) is 0 Å². The van der Waals surface area contributed by atoms with Gasteiger partial charge in [0.2, 0.25) is 0 Å². The van der Waals surface area contributed by atoms with Crippen molar-refractivity contribution in [2.45, 2.75) is 46.1 Å². The Hall–Kier alpha value is -0.760. The summed E-state index contributed by atoms with van der Waals surface area (Å²) in [5, 5.41) is 4.22. The molecule has 0 radical (unpaired) electrons. The quantitative estimate of drug-likeness (QED) is 0.809. The normalized spacial score (nSPS) is 28.4. The predicted octanol–water partition coefficient (Wildman–Crippen LogP) is 4.61. The molecule has 3 unspecified atom stereocenters. The standard InChI is InChI=1S/C15H23ClN2/c1-10(2)13-5-4-11(3)8-14(13)18-12-6-7-17-15(16)9-12/h6-7,9-11,13-14H,4-5,8H2,1-3H3,(H,17,18). The first kappa shape index (κ1) is 13.7. The van der Waals surface area contributed by atoms with Gasteiger partial charge in [-0.15, -0.1) is 0 Å². The molecule has 3 atom stereocenters. The van der Waals surface area contributed by atoms with E-state index in [1.54, 1.807) is 6.20 Å². The number of hydrogen-bond donors (Lipinski definition) is 1. The van der Waals surface area contributed by atoms with E-state index >= 15 is 0 Å². The maximum absolute atomic E-state index is 5.94. The summed E-state index contributed by atoms with van der Waals surface area (Å²) in [5.74, 6) is 2.30. The van der Waals surface area contributed by atoms with Gasteiger partial charge in [0, 0.05) is 17.9 Å². The van der Waals surface area contributed by atoms with Gasteiger partial charge in [-0.1, -0.05) is 38.8 Å². The Bertz CT molecular complexity index is 392. The molecule has 2 rings (SSSR count). The molecule has 1 N–H and O–H groups in total. The fraction of sp³-hybridized carbons (Fsp3) is 0.667. The molecule has 0 aromatic carbocycles. The number of hydrogen-bond acceptors (Lipinski definition) is 2. The van der Waals surface area contributed by atoms with Crippen LogP contribution in [0.1, 0.15) is 40.0 Å². The molecule has 18 heavy (non-hydrogen) atoms. The van der Waals surface area contributed by atoms with Gasteiger partial charge < -0.3 is 5.32 Å². The van der Waals surface area contributed by atoms with Gasteiger partial charge in [0.1, 0.15) is 5.15 Å². The molecular formula is C15H23ClN2. The summed E-state index contributed by atoms with van der Waals surface area (Å²) in [6.07, 6.45) is 5.71. The van der Waals surface area contributed by atoms with Crippen molar-refractivity contribution in [1.29, 1.82) is 0 Å². The second-order valence-corrected chi connectivity index (χ2v) is 6.33. The number of rotatable bonds is 3. The van der Waals surface area contributed by atoms with E-state index in [-0.39, 0.29) is 0 Å². The van der Waals surface area contributed by atoms with Gasteiger partial charge in [0.05, 0.1) is 0 Å². The molecule has 1 heterocycles. The molecule has 100 valence electrons. The minimum absolute atomic E-state index is 0.560. The zero-order chi connectivity index (χ0) is 13.1. The molecule has 1 fully saturated rings. The average Bonchev–Trinajstić information content (AvgIpc) is 2.28. The van der Waals surface area contributed by atoms with Crippen LogP contribution in [0, 0.1) is 17.8 Å². The maximum Gasteiger partial charge on any atom is 0.131 e. The largest absolute Gasteiger partial charge is 0.382 e. The summed E-state index contributed by atoms with van der Waals surface area (Å²) in [4.78, 5) is 4.03. The van der Waals surface area contributed by atoms with Crippen LogP contribution in [0.25, 0.3) is 0 Å². The lowest BCUT2D eigenvalue weighted by molar-refractivity contribution is 0.212. The highest BCUT2D eigenvalue weighted by molar-refractivity contribution is 6.29. The first-order valence-corrected chi connectivity index (χ1v) is 7.32. The van der Waals surface area contributed by atoms with Gasteiger partial charge in [-0.05, 0) is 42.7 Å². The van der Waals surface area contributed by atoms with E-state index in [4.69, 9.17) is 11.6 Å². The van der Waals surface area contributed by atoms with Crippen LogP contribution in [0.2, 0.25) is 5.15 Å². The minimum Gasteiger partial charge on any atom is -0.382 e. The lowest BCUT2D eigenvalue weighted by atomic mass is 9.74. The Balaban J connectivity index is 2.08. The van der Waals surface area contributed by atoms with Crippen LogP contribution in [-0.2, 0) is 0 Å². The Morgan fingerprint density at radius 3 is 2.83 bits per heavy atom. The van der Waals surface area contributed by atoms with E-state index in [2.05, 4.69) is 31.1 Å². The number of anilines is 1. The molecule has 3 heteroatoms. The van der Waals surface area contributed by atoms with Crippen LogP contribution in [-0.4, -0.2) is 11.0 Å². The Kier molecular flexibility index (Phi) is 4.50. The predicted molar refractivity (Wildman–Crippen MR) is 78.0 cm³/mol. The Morgan fingerprint density at radius 1 is 1.39 bits per heavy atom. The Labute approximate surface area is 115 Å². The smallest absolute Gasteiger partial charge is 0.131 e. The third-order valence-electron chi connectivity index (χ3n) is 4.10. The number of nitrogens with one attached hydrogen (secondary N) is 1. The van der Waals surface area contributed by atoms with Crippen molar-refractivity contribution in [3.63, 3.8) is 0 Å². The second-order valence-electron chi connectivity index (χ2n) is 5.94. The third kappa shape index (κ3) is 3.38. The van der Waals surface area contributed by atoms with Crippen LogP contribution in [0.15, 0.2) is 18.3 Å². The highest BCUT2D eigenvalue weighted by Gasteiger charge is 2.30. The number of halogens is 1. The van der Waals surface area contributed by atoms with Crippen LogP contribution < -0.4 is 5.32 Å². The molecule has 0 aliphatic heterocycles. The highest BCUT2D eigenvalue weighted by atomic mass is 35.5. The summed E-state index contributed by atoms with van der Waals surface area (Å²) < 4.78 is 0. The molecule has 0 saturated heterocycles. The summed E-state index contributed by atoms with van der Waals surface area (Å²) >= 11 is 5.94. The first-order chi connectivity index (χ1) is 8.56. The summed E-state index contributed by atoms with van der Waals surface area (Å²) in [5.41, 5.74) is 1.10. The van der Waals surface area contributed by atoms with E-state index in [1.165, 1.54) is 19.3 Å². The molecule has 0 amide bonds. The van der Waals surface area contributed by atoms with Crippen molar-refractivity contribution in [2.75, 3.05) is 5.32 Å². The van der Waals surface area contributed by atoms with E-state index in [1.807, 2.05) is 12.1 Å². The van der Waals surface area contributed by atoms with E-state index in [0.717, 1.165) is 23.4 Å². The first-order valence-electron chi connectivity index (χ1n) is 6.94. The van der Waals surface area contributed by atoms with Crippen LogP contribution in [0.4, 0.5) is 5.69 Å². The molecule has 1 aliphatic rings. The number of pyridine rings is 1. The lowest BCUT2D eigenvalue weighted by Crippen LogP contribution is -2.37. The van der Waals surface area contributed by atoms with Crippen LogP contribution in [0.5, 0.6) is 0 Å². The van der Waals surface area contributed by atoms with Crippen molar-refractivity contribution in [3.05, 3.63) is 23.5 Å². The topological polar surface area (TPSA) is 24.9 Å². The number of nitrogens with zero attached hydrogens (tertiary/aromatic N) is 1. The molecule has 1 aromatic heterocycles. The highest BCUT2D eigenvalue weighted by Crippen LogP contribution is 2.35. The van der Waals surface area contributed by atoms with Crippen LogP contribution >= 0.6 is 11.6 Å².